The van der Waals surface area contributed by atoms with E-state index < -0.39 is 11.6 Å². The molecule has 4 nitrogen and oxygen atoms in total. The molecule has 0 radical (unpaired) electrons. The van der Waals surface area contributed by atoms with Crippen LogP contribution in [0.4, 0.5) is 0 Å². The zero-order valence-electron chi connectivity index (χ0n) is 10.8. The molecule has 0 amide bonds. The van der Waals surface area contributed by atoms with Gasteiger partial charge >= 0.3 is 5.97 Å². The summed E-state index contributed by atoms with van der Waals surface area (Å²) in [5.74, 6) is 0.144. The lowest BCUT2D eigenvalue weighted by Crippen LogP contribution is -2.34. The fourth-order valence-electron chi connectivity index (χ4n) is 1.46. The molecule has 0 saturated carbocycles. The summed E-state index contributed by atoms with van der Waals surface area (Å²) in [7, 11) is 1.33. The minimum Gasteiger partial charge on any atom is -0.466 e. The van der Waals surface area contributed by atoms with Gasteiger partial charge in [-0.3, -0.25) is 0 Å². The lowest BCUT2D eigenvalue weighted by molar-refractivity contribution is -0.137. The molecule has 1 aliphatic rings. The Morgan fingerprint density at radius 2 is 2.18 bits per heavy atom. The number of rotatable bonds is 2. The highest BCUT2D eigenvalue weighted by atomic mass is 35.5. The van der Waals surface area contributed by atoms with Gasteiger partial charge in [-0.15, -0.1) is 11.6 Å². The van der Waals surface area contributed by atoms with Crippen LogP contribution in [0.3, 0.4) is 0 Å². The molecule has 1 heterocycles. The minimum atomic E-state index is -0.862. The molecule has 1 atom stereocenters. The minimum absolute atomic E-state index is 0.164. The summed E-state index contributed by atoms with van der Waals surface area (Å²) in [5.41, 5.74) is -0.735. The van der Waals surface area contributed by atoms with Crippen molar-refractivity contribution >= 4 is 23.5 Å². The standard InChI is InChI=1S/C12H18ClNO3/c1-11(2,3)14-9-6-8(10(15)16-5)12(4,7-13)17-9/h6H,7H2,1-5H3. The van der Waals surface area contributed by atoms with Gasteiger partial charge in [0.1, 0.15) is 0 Å². The molecule has 0 saturated heterocycles. The summed E-state index contributed by atoms with van der Waals surface area (Å²) in [6, 6.07) is 0. The summed E-state index contributed by atoms with van der Waals surface area (Å²) in [6.45, 7) is 7.59. The summed E-state index contributed by atoms with van der Waals surface area (Å²) in [5, 5.41) is 0. The number of halogens is 1. The van der Waals surface area contributed by atoms with E-state index in [1.165, 1.54) is 7.11 Å². The molecule has 0 spiro atoms. The van der Waals surface area contributed by atoms with Crippen LogP contribution in [0.15, 0.2) is 16.6 Å². The first kappa shape index (κ1) is 14.0. The zero-order chi connectivity index (χ0) is 13.3. The average molecular weight is 260 g/mol. The van der Waals surface area contributed by atoms with Crippen molar-refractivity contribution in [2.75, 3.05) is 13.0 Å². The van der Waals surface area contributed by atoms with Crippen LogP contribution in [-0.4, -0.2) is 36.0 Å². The summed E-state index contributed by atoms with van der Waals surface area (Å²) >= 11 is 5.85. The Balaban J connectivity index is 3.10. The molecule has 0 aliphatic carbocycles. The Morgan fingerprint density at radius 3 is 2.59 bits per heavy atom. The van der Waals surface area contributed by atoms with Gasteiger partial charge in [0.05, 0.1) is 24.1 Å². The predicted octanol–water partition coefficient (Wildman–Crippen LogP) is 2.31. The molecule has 1 unspecified atom stereocenters. The second kappa shape index (κ2) is 4.69. The topological polar surface area (TPSA) is 47.9 Å². The van der Waals surface area contributed by atoms with Gasteiger partial charge in [-0.05, 0) is 27.7 Å². The number of methoxy groups -OCH3 is 1. The Labute approximate surface area is 107 Å². The molecule has 0 aromatic heterocycles. The van der Waals surface area contributed by atoms with Gasteiger partial charge in [0.15, 0.2) is 5.60 Å². The van der Waals surface area contributed by atoms with E-state index in [2.05, 4.69) is 4.99 Å². The van der Waals surface area contributed by atoms with E-state index in [4.69, 9.17) is 21.1 Å². The molecule has 17 heavy (non-hydrogen) atoms. The van der Waals surface area contributed by atoms with E-state index in [9.17, 15) is 4.79 Å². The van der Waals surface area contributed by atoms with Crippen LogP contribution in [0.1, 0.15) is 27.7 Å². The van der Waals surface area contributed by atoms with Crippen LogP contribution < -0.4 is 0 Å². The van der Waals surface area contributed by atoms with E-state index in [0.717, 1.165) is 0 Å². The highest BCUT2D eigenvalue weighted by molar-refractivity contribution is 6.20. The third kappa shape index (κ3) is 3.22. The number of alkyl halides is 1. The SMILES string of the molecule is COC(=O)C1=CC(=NC(C)(C)C)OC1(C)CCl. The molecule has 0 aromatic carbocycles. The summed E-state index contributed by atoms with van der Waals surface area (Å²) in [6.07, 6.45) is 1.60. The fourth-order valence-corrected chi connectivity index (χ4v) is 1.66. The van der Waals surface area contributed by atoms with Gasteiger partial charge in [-0.25, -0.2) is 9.79 Å². The van der Waals surface area contributed by atoms with Crippen molar-refractivity contribution in [3.05, 3.63) is 11.6 Å². The Bertz CT molecular complexity index is 382. The maximum atomic E-state index is 11.6. The van der Waals surface area contributed by atoms with Crippen LogP contribution in [0.5, 0.6) is 0 Å². The number of hydrogen-bond acceptors (Lipinski definition) is 4. The molecular formula is C12H18ClNO3. The molecular weight excluding hydrogens is 242 g/mol. The normalized spacial score (nSPS) is 26.7. The van der Waals surface area contributed by atoms with Crippen molar-refractivity contribution in [1.29, 1.82) is 0 Å². The van der Waals surface area contributed by atoms with Gasteiger partial charge in [-0.1, -0.05) is 0 Å². The van der Waals surface area contributed by atoms with Crippen LogP contribution in [0.25, 0.3) is 0 Å². The molecule has 0 N–H and O–H groups in total. The second-order valence-electron chi connectivity index (χ2n) is 5.14. The third-order valence-corrected chi connectivity index (χ3v) is 2.78. The van der Waals surface area contributed by atoms with Crippen molar-refractivity contribution in [2.24, 2.45) is 4.99 Å². The Hall–Kier alpha value is -1.03. The van der Waals surface area contributed by atoms with E-state index in [0.29, 0.717) is 11.5 Å². The largest absolute Gasteiger partial charge is 0.466 e. The lowest BCUT2D eigenvalue weighted by Gasteiger charge is -2.24. The van der Waals surface area contributed by atoms with Crippen LogP contribution in [0, 0.1) is 0 Å². The average Bonchev–Trinajstić information content (AvgIpc) is 2.52. The van der Waals surface area contributed by atoms with Crippen molar-refractivity contribution in [3.8, 4) is 0 Å². The monoisotopic (exact) mass is 259 g/mol. The predicted molar refractivity (Wildman–Crippen MR) is 67.5 cm³/mol. The lowest BCUT2D eigenvalue weighted by atomic mass is 9.99. The molecule has 1 aliphatic heterocycles. The summed E-state index contributed by atoms with van der Waals surface area (Å²) in [4.78, 5) is 16.0. The Morgan fingerprint density at radius 1 is 1.59 bits per heavy atom. The number of hydrogen-bond donors (Lipinski definition) is 0. The highest BCUT2D eigenvalue weighted by Gasteiger charge is 2.42. The van der Waals surface area contributed by atoms with E-state index in [1.807, 2.05) is 20.8 Å². The van der Waals surface area contributed by atoms with Crippen molar-refractivity contribution in [3.63, 3.8) is 0 Å². The van der Waals surface area contributed by atoms with E-state index in [-0.39, 0.29) is 11.4 Å². The van der Waals surface area contributed by atoms with Crippen molar-refractivity contribution in [2.45, 2.75) is 38.8 Å². The first-order valence-electron chi connectivity index (χ1n) is 5.37. The fraction of sp³-hybridized carbons (Fsp3) is 0.667. The second-order valence-corrected chi connectivity index (χ2v) is 5.40. The zero-order valence-corrected chi connectivity index (χ0v) is 11.6. The first-order chi connectivity index (χ1) is 7.72. The van der Waals surface area contributed by atoms with Crippen LogP contribution in [0.2, 0.25) is 0 Å². The number of ether oxygens (including phenoxy) is 2. The van der Waals surface area contributed by atoms with Gasteiger partial charge < -0.3 is 9.47 Å². The number of carbonyl (C=O) groups is 1. The Kier molecular flexibility index (Phi) is 3.87. The molecule has 0 aromatic rings. The maximum Gasteiger partial charge on any atom is 0.338 e. The quantitative estimate of drug-likeness (QED) is 0.565. The van der Waals surface area contributed by atoms with E-state index in [1.54, 1.807) is 13.0 Å². The number of nitrogens with zero attached hydrogens (tertiary/aromatic N) is 1. The van der Waals surface area contributed by atoms with Gasteiger partial charge in [0.25, 0.3) is 0 Å². The van der Waals surface area contributed by atoms with Crippen LogP contribution >= 0.6 is 11.6 Å². The smallest absolute Gasteiger partial charge is 0.338 e. The molecule has 96 valence electrons. The van der Waals surface area contributed by atoms with Crippen LogP contribution in [-0.2, 0) is 14.3 Å². The van der Waals surface area contributed by atoms with Gasteiger partial charge in [0, 0.05) is 6.08 Å². The first-order valence-corrected chi connectivity index (χ1v) is 5.90. The highest BCUT2D eigenvalue weighted by Crippen LogP contribution is 2.31. The van der Waals surface area contributed by atoms with E-state index >= 15 is 0 Å². The number of aliphatic imine (C=N–C) groups is 1. The number of carbonyl (C=O) groups excluding carboxylic acids is 1. The maximum absolute atomic E-state index is 11.6. The molecule has 0 bridgehead atoms. The number of esters is 1. The third-order valence-electron chi connectivity index (χ3n) is 2.27. The molecule has 5 heteroatoms. The van der Waals surface area contributed by atoms with Gasteiger partial charge in [-0.2, -0.15) is 0 Å². The molecule has 1 rings (SSSR count). The molecule has 0 fully saturated rings. The summed E-state index contributed by atoms with van der Waals surface area (Å²) < 4.78 is 10.3. The van der Waals surface area contributed by atoms with Crippen molar-refractivity contribution in [1.82, 2.24) is 0 Å². The van der Waals surface area contributed by atoms with Crippen molar-refractivity contribution < 1.29 is 14.3 Å². The van der Waals surface area contributed by atoms with Gasteiger partial charge in [0.2, 0.25) is 5.90 Å².